The van der Waals surface area contributed by atoms with Gasteiger partial charge in [-0.2, -0.15) is 0 Å². The van der Waals surface area contributed by atoms with E-state index < -0.39 is 0 Å². The van der Waals surface area contributed by atoms with E-state index in [9.17, 15) is 4.79 Å². The molecule has 3 rings (SSSR count). The number of ether oxygens (including phenoxy) is 2. The minimum atomic E-state index is -0.240. The Morgan fingerprint density at radius 1 is 1.25 bits per heavy atom. The number of benzene rings is 1. The summed E-state index contributed by atoms with van der Waals surface area (Å²) in [6.45, 7) is 0. The Balaban J connectivity index is 1.56. The second-order valence-corrected chi connectivity index (χ2v) is 5.64. The molecule has 4 heteroatoms. The van der Waals surface area contributed by atoms with E-state index in [0.29, 0.717) is 0 Å². The largest absolute Gasteiger partial charge is 0.461 e. The van der Waals surface area contributed by atoms with E-state index in [1.54, 1.807) is 7.11 Å². The Hall–Kier alpha value is -1.55. The van der Waals surface area contributed by atoms with Crippen molar-refractivity contribution in [2.75, 3.05) is 12.4 Å². The summed E-state index contributed by atoms with van der Waals surface area (Å²) in [5.74, 6) is -0.136. The van der Waals surface area contributed by atoms with E-state index in [1.807, 2.05) is 18.2 Å². The van der Waals surface area contributed by atoms with Crippen LogP contribution in [0.5, 0.6) is 0 Å². The van der Waals surface area contributed by atoms with Crippen molar-refractivity contribution in [3.8, 4) is 0 Å². The van der Waals surface area contributed by atoms with E-state index in [1.165, 1.54) is 5.56 Å². The Bertz CT molecular complexity index is 463. The Kier molecular flexibility index (Phi) is 3.92. The molecule has 1 saturated carbocycles. The van der Waals surface area contributed by atoms with Gasteiger partial charge in [0, 0.05) is 25.6 Å². The normalized spacial score (nSPS) is 28.6. The molecule has 3 unspecified atom stereocenters. The molecule has 1 fully saturated rings. The molecule has 108 valence electrons. The highest BCUT2D eigenvalue weighted by Crippen LogP contribution is 2.28. The molecule has 3 atom stereocenters. The topological polar surface area (TPSA) is 47.6 Å². The first-order valence-electron chi connectivity index (χ1n) is 7.34. The first-order valence-corrected chi connectivity index (χ1v) is 7.34. The van der Waals surface area contributed by atoms with Gasteiger partial charge in [-0.25, -0.2) is 4.79 Å². The fourth-order valence-corrected chi connectivity index (χ4v) is 3.11. The number of carbonyl (C=O) groups excluding carboxylic acids is 1. The van der Waals surface area contributed by atoms with Crippen LogP contribution in [0.2, 0.25) is 0 Å². The van der Waals surface area contributed by atoms with Crippen LogP contribution in [0.4, 0.5) is 5.69 Å². The molecule has 0 aromatic heterocycles. The van der Waals surface area contributed by atoms with Crippen LogP contribution < -0.4 is 5.32 Å². The van der Waals surface area contributed by atoms with Crippen LogP contribution in [0.3, 0.4) is 0 Å². The van der Waals surface area contributed by atoms with Crippen molar-refractivity contribution in [1.29, 1.82) is 0 Å². The number of nitrogens with one attached hydrogen (secondary N) is 1. The first-order chi connectivity index (χ1) is 9.76. The number of anilines is 1. The van der Waals surface area contributed by atoms with Crippen molar-refractivity contribution in [2.24, 2.45) is 0 Å². The lowest BCUT2D eigenvalue weighted by molar-refractivity contribution is -0.153. The maximum absolute atomic E-state index is 12.3. The molecule has 0 radical (unpaired) electrons. The maximum Gasteiger partial charge on any atom is 0.329 e. The highest BCUT2D eigenvalue weighted by Gasteiger charge is 2.31. The van der Waals surface area contributed by atoms with Crippen molar-refractivity contribution in [2.45, 2.75) is 50.4 Å². The van der Waals surface area contributed by atoms with Gasteiger partial charge in [0.2, 0.25) is 0 Å². The number of rotatable bonds is 3. The summed E-state index contributed by atoms with van der Waals surface area (Å²) in [4.78, 5) is 12.3. The van der Waals surface area contributed by atoms with Gasteiger partial charge < -0.3 is 14.8 Å². The highest BCUT2D eigenvalue weighted by atomic mass is 16.5. The molecule has 1 N–H and O–H groups in total. The lowest BCUT2D eigenvalue weighted by Crippen LogP contribution is -2.35. The van der Waals surface area contributed by atoms with E-state index in [0.717, 1.165) is 37.8 Å². The molecule has 4 nitrogen and oxygen atoms in total. The average molecular weight is 275 g/mol. The van der Waals surface area contributed by atoms with Crippen LogP contribution >= 0.6 is 0 Å². The fraction of sp³-hybridized carbons (Fsp3) is 0.562. The smallest absolute Gasteiger partial charge is 0.329 e. The number of fused-ring (bicyclic) bond motifs is 1. The van der Waals surface area contributed by atoms with E-state index in [4.69, 9.17) is 9.47 Å². The van der Waals surface area contributed by atoms with Gasteiger partial charge in [-0.1, -0.05) is 18.2 Å². The Labute approximate surface area is 119 Å². The molecule has 1 heterocycles. The molecule has 1 aromatic carbocycles. The number of para-hydroxylation sites is 1. The van der Waals surface area contributed by atoms with Crippen LogP contribution in [0.1, 0.15) is 31.2 Å². The third-order valence-corrected chi connectivity index (χ3v) is 4.25. The standard InChI is InChI=1S/C16H21NO3/c1-19-12-6-4-7-13(10-12)20-16(18)15-9-11-5-2-3-8-14(11)17-15/h2-3,5,8,12-13,15,17H,4,6-7,9-10H2,1H3. The monoisotopic (exact) mass is 275 g/mol. The molecule has 1 aliphatic carbocycles. The third-order valence-electron chi connectivity index (χ3n) is 4.25. The number of carbonyl (C=O) groups is 1. The summed E-state index contributed by atoms with van der Waals surface area (Å²) < 4.78 is 11.0. The van der Waals surface area contributed by atoms with Crippen molar-refractivity contribution in [3.05, 3.63) is 29.8 Å². The summed E-state index contributed by atoms with van der Waals surface area (Å²) in [5, 5.41) is 3.24. The predicted octanol–water partition coefficient (Wildman–Crippen LogP) is 2.52. The van der Waals surface area contributed by atoms with E-state index in [-0.39, 0.29) is 24.2 Å². The molecule has 0 saturated heterocycles. The lowest BCUT2D eigenvalue weighted by Gasteiger charge is -2.28. The van der Waals surface area contributed by atoms with Crippen molar-refractivity contribution >= 4 is 11.7 Å². The summed E-state index contributed by atoms with van der Waals surface area (Å²) in [7, 11) is 1.73. The van der Waals surface area contributed by atoms with Gasteiger partial charge >= 0.3 is 5.97 Å². The summed E-state index contributed by atoms with van der Waals surface area (Å²) in [6, 6.07) is 7.79. The Morgan fingerprint density at radius 3 is 2.85 bits per heavy atom. The fourth-order valence-electron chi connectivity index (χ4n) is 3.11. The molecular formula is C16H21NO3. The highest BCUT2D eigenvalue weighted by molar-refractivity contribution is 5.83. The molecule has 1 aliphatic heterocycles. The van der Waals surface area contributed by atoms with Gasteiger partial charge in [0.15, 0.2) is 0 Å². The van der Waals surface area contributed by atoms with Crippen LogP contribution in [0.25, 0.3) is 0 Å². The summed E-state index contributed by atoms with van der Waals surface area (Å²) >= 11 is 0. The zero-order chi connectivity index (χ0) is 13.9. The van der Waals surface area contributed by atoms with Crippen LogP contribution in [-0.2, 0) is 20.7 Å². The van der Waals surface area contributed by atoms with Gasteiger partial charge in [0.05, 0.1) is 6.10 Å². The van der Waals surface area contributed by atoms with Crippen molar-refractivity contribution < 1.29 is 14.3 Å². The number of hydrogen-bond acceptors (Lipinski definition) is 4. The third kappa shape index (κ3) is 2.80. The molecular weight excluding hydrogens is 254 g/mol. The molecule has 0 amide bonds. The molecule has 0 spiro atoms. The molecule has 0 bridgehead atoms. The minimum absolute atomic E-state index is 0.00622. The molecule has 20 heavy (non-hydrogen) atoms. The lowest BCUT2D eigenvalue weighted by atomic mass is 9.95. The van der Waals surface area contributed by atoms with Gasteiger partial charge in [-0.05, 0) is 30.9 Å². The van der Waals surface area contributed by atoms with E-state index in [2.05, 4.69) is 11.4 Å². The zero-order valence-electron chi connectivity index (χ0n) is 11.8. The number of hydrogen-bond donors (Lipinski definition) is 1. The second-order valence-electron chi connectivity index (χ2n) is 5.64. The van der Waals surface area contributed by atoms with Gasteiger partial charge in [-0.3, -0.25) is 0 Å². The van der Waals surface area contributed by atoms with Crippen molar-refractivity contribution in [3.63, 3.8) is 0 Å². The van der Waals surface area contributed by atoms with E-state index >= 15 is 0 Å². The van der Waals surface area contributed by atoms with Gasteiger partial charge in [0.25, 0.3) is 0 Å². The quantitative estimate of drug-likeness (QED) is 0.861. The Morgan fingerprint density at radius 2 is 2.05 bits per heavy atom. The second kappa shape index (κ2) is 5.83. The predicted molar refractivity (Wildman–Crippen MR) is 76.7 cm³/mol. The zero-order valence-corrected chi connectivity index (χ0v) is 11.8. The number of methoxy groups -OCH3 is 1. The van der Waals surface area contributed by atoms with Crippen LogP contribution in [-0.4, -0.2) is 31.3 Å². The maximum atomic E-state index is 12.3. The van der Waals surface area contributed by atoms with Gasteiger partial charge in [-0.15, -0.1) is 0 Å². The van der Waals surface area contributed by atoms with Crippen LogP contribution in [0.15, 0.2) is 24.3 Å². The van der Waals surface area contributed by atoms with Crippen molar-refractivity contribution in [1.82, 2.24) is 0 Å². The SMILES string of the molecule is COC1CCCC(OC(=O)C2Cc3ccccc3N2)C1. The molecule has 2 aliphatic rings. The number of esters is 1. The summed E-state index contributed by atoms with van der Waals surface area (Å²) in [5.41, 5.74) is 2.24. The van der Waals surface area contributed by atoms with Crippen LogP contribution in [0, 0.1) is 0 Å². The summed E-state index contributed by atoms with van der Waals surface area (Å²) in [6.07, 6.45) is 4.86. The molecule has 1 aromatic rings. The minimum Gasteiger partial charge on any atom is -0.461 e. The first kappa shape index (κ1) is 13.4. The van der Waals surface area contributed by atoms with Gasteiger partial charge in [0.1, 0.15) is 12.1 Å². The average Bonchev–Trinajstić information content (AvgIpc) is 2.91.